The average Bonchev–Trinajstić information content (AvgIpc) is 3.34. The zero-order valence-corrected chi connectivity index (χ0v) is 20.9. The first kappa shape index (κ1) is 25.5. The molecule has 12 heteroatoms. The van der Waals surface area contributed by atoms with Gasteiger partial charge in [-0.2, -0.15) is 0 Å². The summed E-state index contributed by atoms with van der Waals surface area (Å²) in [5.74, 6) is -1.11. The smallest absolute Gasteiger partial charge is 0.341 e. The lowest BCUT2D eigenvalue weighted by Gasteiger charge is -2.09. The Hall–Kier alpha value is -3.15. The molecule has 0 atom stereocenters. The Labute approximate surface area is 209 Å². The van der Waals surface area contributed by atoms with Crippen molar-refractivity contribution in [1.82, 2.24) is 14.8 Å². The van der Waals surface area contributed by atoms with E-state index >= 15 is 0 Å². The van der Waals surface area contributed by atoms with E-state index < -0.39 is 17.8 Å². The summed E-state index contributed by atoms with van der Waals surface area (Å²) in [5.41, 5.74) is 6.73. The van der Waals surface area contributed by atoms with Crippen molar-refractivity contribution in [3.63, 3.8) is 0 Å². The number of carbonyl (C=O) groups is 3. The number of rotatable bonds is 10. The van der Waals surface area contributed by atoms with Gasteiger partial charge < -0.3 is 15.8 Å². The number of nitrogens with zero attached hydrogens (tertiary/aromatic N) is 3. The fourth-order valence-corrected chi connectivity index (χ4v) is 5.02. The molecule has 2 amide bonds. The van der Waals surface area contributed by atoms with Crippen molar-refractivity contribution in [2.45, 2.75) is 25.5 Å². The molecule has 0 fully saturated rings. The summed E-state index contributed by atoms with van der Waals surface area (Å²) in [4.78, 5) is 37.0. The van der Waals surface area contributed by atoms with Crippen LogP contribution >= 0.6 is 34.7 Å². The first-order valence-electron chi connectivity index (χ1n) is 10.1. The third kappa shape index (κ3) is 5.66. The number of allylic oxidation sites excluding steroid dienone is 1. The quantitative estimate of drug-likeness (QED) is 0.234. The lowest BCUT2D eigenvalue weighted by Crippen LogP contribution is -2.17. The van der Waals surface area contributed by atoms with Crippen molar-refractivity contribution < 1.29 is 19.1 Å². The van der Waals surface area contributed by atoms with E-state index in [0.29, 0.717) is 28.1 Å². The van der Waals surface area contributed by atoms with Crippen molar-refractivity contribution in [3.8, 4) is 11.4 Å². The van der Waals surface area contributed by atoms with E-state index in [2.05, 4.69) is 22.1 Å². The van der Waals surface area contributed by atoms with E-state index in [9.17, 15) is 14.4 Å². The highest BCUT2D eigenvalue weighted by atomic mass is 35.5. The molecule has 3 N–H and O–H groups in total. The molecular weight excluding hydrogens is 498 g/mol. The fraction of sp³-hybridized carbons (Fsp3) is 0.227. The second-order valence-corrected chi connectivity index (χ2v) is 9.29. The Bertz CT molecular complexity index is 1240. The number of hydrogen-bond acceptors (Lipinski definition) is 8. The molecular formula is C22H22ClN5O4S2. The van der Waals surface area contributed by atoms with E-state index in [1.807, 2.05) is 16.7 Å². The molecule has 34 heavy (non-hydrogen) atoms. The number of thioether (sulfide) groups is 1. The zero-order valence-electron chi connectivity index (χ0n) is 18.5. The molecule has 0 aliphatic rings. The number of aromatic nitrogens is 3. The molecule has 0 saturated heterocycles. The largest absolute Gasteiger partial charge is 0.462 e. The molecule has 0 aliphatic carbocycles. The number of carbonyl (C=O) groups excluding carboxylic acids is 3. The molecule has 3 aromatic rings. The number of halogens is 1. The fourth-order valence-electron chi connectivity index (χ4n) is 3.08. The first-order chi connectivity index (χ1) is 16.3. The van der Waals surface area contributed by atoms with Gasteiger partial charge in [-0.15, -0.1) is 28.1 Å². The summed E-state index contributed by atoms with van der Waals surface area (Å²) >= 11 is 8.09. The van der Waals surface area contributed by atoms with Crippen LogP contribution in [0, 0.1) is 6.92 Å². The normalized spacial score (nSPS) is 10.7. The van der Waals surface area contributed by atoms with E-state index in [1.54, 1.807) is 32.1 Å². The number of thiophene rings is 1. The average molecular weight is 520 g/mol. The number of amides is 2. The Morgan fingerprint density at radius 3 is 2.62 bits per heavy atom. The molecule has 0 bridgehead atoms. The number of anilines is 1. The second kappa shape index (κ2) is 11.3. The van der Waals surface area contributed by atoms with Crippen LogP contribution in [-0.2, 0) is 16.1 Å². The van der Waals surface area contributed by atoms with Gasteiger partial charge in [-0.05, 0) is 43.7 Å². The molecule has 0 aliphatic heterocycles. The van der Waals surface area contributed by atoms with E-state index in [-0.39, 0.29) is 27.8 Å². The Morgan fingerprint density at radius 2 is 2.00 bits per heavy atom. The topological polar surface area (TPSA) is 129 Å². The van der Waals surface area contributed by atoms with E-state index in [4.69, 9.17) is 22.1 Å². The van der Waals surface area contributed by atoms with E-state index in [1.165, 1.54) is 11.8 Å². The second-order valence-electron chi connectivity index (χ2n) is 6.89. The number of primary amides is 1. The summed E-state index contributed by atoms with van der Waals surface area (Å²) in [6.07, 6.45) is 1.71. The van der Waals surface area contributed by atoms with Crippen LogP contribution < -0.4 is 11.1 Å². The molecule has 1 aromatic carbocycles. The number of benzene rings is 1. The minimum Gasteiger partial charge on any atom is -0.462 e. The molecule has 0 spiro atoms. The van der Waals surface area contributed by atoms with Crippen LogP contribution in [0.4, 0.5) is 5.00 Å². The summed E-state index contributed by atoms with van der Waals surface area (Å²) in [6.45, 7) is 7.62. The van der Waals surface area contributed by atoms with Crippen molar-refractivity contribution in [1.29, 1.82) is 0 Å². The third-order valence-electron chi connectivity index (χ3n) is 4.57. The molecule has 0 radical (unpaired) electrons. The predicted molar refractivity (Wildman–Crippen MR) is 134 cm³/mol. The molecule has 9 nitrogen and oxygen atoms in total. The van der Waals surface area contributed by atoms with Crippen LogP contribution in [-0.4, -0.2) is 44.9 Å². The van der Waals surface area contributed by atoms with Gasteiger partial charge in [-0.25, -0.2) is 4.79 Å². The Balaban J connectivity index is 1.79. The number of esters is 1. The monoisotopic (exact) mass is 519 g/mol. The van der Waals surface area contributed by atoms with Gasteiger partial charge in [-0.3, -0.25) is 14.2 Å². The lowest BCUT2D eigenvalue weighted by atomic mass is 10.1. The number of hydrogen-bond donors (Lipinski definition) is 2. The van der Waals surface area contributed by atoms with Gasteiger partial charge >= 0.3 is 5.97 Å². The number of nitrogens with two attached hydrogens (primary N) is 1. The Morgan fingerprint density at radius 1 is 1.29 bits per heavy atom. The highest BCUT2D eigenvalue weighted by molar-refractivity contribution is 7.99. The molecule has 2 heterocycles. The number of ether oxygens (including phenoxy) is 1. The van der Waals surface area contributed by atoms with E-state index in [0.717, 1.165) is 16.9 Å². The van der Waals surface area contributed by atoms with Crippen molar-refractivity contribution in [2.24, 2.45) is 5.73 Å². The lowest BCUT2D eigenvalue weighted by molar-refractivity contribution is -0.113. The molecule has 178 valence electrons. The van der Waals surface area contributed by atoms with Crippen LogP contribution in [0.1, 0.15) is 32.5 Å². The summed E-state index contributed by atoms with van der Waals surface area (Å²) in [7, 11) is 0. The van der Waals surface area contributed by atoms with Crippen LogP contribution in [0.15, 0.2) is 42.1 Å². The zero-order chi connectivity index (χ0) is 24.8. The van der Waals surface area contributed by atoms with Gasteiger partial charge in [0, 0.05) is 17.1 Å². The van der Waals surface area contributed by atoms with Crippen molar-refractivity contribution >= 4 is 57.5 Å². The van der Waals surface area contributed by atoms with Gasteiger partial charge in [0.1, 0.15) is 5.00 Å². The number of nitrogens with one attached hydrogen (secondary N) is 1. The molecule has 0 saturated carbocycles. The standard InChI is InChI=1S/C22H22ClN5O4S2/c1-4-10-28-19(13-6-8-14(23)9-7-13)26-27-22(28)33-11-15(29)25-20-16(21(31)32-5-2)12(3)17(34-20)18(24)30/h4,6-9H,1,5,10-11H2,2-3H3,(H2,24,30)(H,25,29). The van der Waals surface area contributed by atoms with Crippen molar-refractivity contribution in [2.75, 3.05) is 17.7 Å². The molecule has 3 rings (SSSR count). The maximum absolute atomic E-state index is 12.7. The van der Waals surface area contributed by atoms with Crippen molar-refractivity contribution in [3.05, 3.63) is 57.9 Å². The molecule has 0 unspecified atom stereocenters. The van der Waals surface area contributed by atoms with Gasteiger partial charge in [0.2, 0.25) is 5.91 Å². The van der Waals surface area contributed by atoms with Gasteiger partial charge in [0.15, 0.2) is 11.0 Å². The predicted octanol–water partition coefficient (Wildman–Crippen LogP) is 4.16. The van der Waals surface area contributed by atoms with Gasteiger partial charge in [0.05, 0.1) is 22.8 Å². The van der Waals surface area contributed by atoms with Crippen LogP contribution in [0.5, 0.6) is 0 Å². The Kier molecular flexibility index (Phi) is 8.48. The third-order valence-corrected chi connectivity index (χ3v) is 7.01. The maximum Gasteiger partial charge on any atom is 0.341 e. The first-order valence-corrected chi connectivity index (χ1v) is 12.3. The van der Waals surface area contributed by atoms with Crippen LogP contribution in [0.3, 0.4) is 0 Å². The summed E-state index contributed by atoms with van der Waals surface area (Å²) in [5, 5.41) is 12.5. The van der Waals surface area contributed by atoms with Gasteiger partial charge in [-0.1, -0.05) is 29.4 Å². The summed E-state index contributed by atoms with van der Waals surface area (Å²) < 4.78 is 6.90. The highest BCUT2D eigenvalue weighted by Gasteiger charge is 2.26. The minimum absolute atomic E-state index is 0.0129. The minimum atomic E-state index is -0.685. The maximum atomic E-state index is 12.7. The highest BCUT2D eigenvalue weighted by Crippen LogP contribution is 2.34. The molecule has 2 aromatic heterocycles. The van der Waals surface area contributed by atoms with Crippen LogP contribution in [0.25, 0.3) is 11.4 Å². The van der Waals surface area contributed by atoms with Crippen LogP contribution in [0.2, 0.25) is 5.02 Å². The SMILES string of the molecule is C=CCn1c(SCC(=O)Nc2sc(C(N)=O)c(C)c2C(=O)OCC)nnc1-c1ccc(Cl)cc1. The van der Waals surface area contributed by atoms with Gasteiger partial charge in [0.25, 0.3) is 5.91 Å². The summed E-state index contributed by atoms with van der Waals surface area (Å²) in [6, 6.07) is 7.18.